The molecule has 3 rings (SSSR count). The fourth-order valence-corrected chi connectivity index (χ4v) is 3.48. The number of rotatable bonds is 3. The smallest absolute Gasteiger partial charge is 0.189 e. The maximum absolute atomic E-state index is 13.4. The SMILES string of the molecule is Cc1ccc(C2=C(N)N(C)C(Cc3cccc(F)c3)C2=O)cc1I. The second kappa shape index (κ2) is 6.55. The molecule has 0 saturated carbocycles. The number of likely N-dealkylation sites (N-methyl/N-ethyl adjacent to an activating group) is 1. The number of halogens is 2. The summed E-state index contributed by atoms with van der Waals surface area (Å²) in [5.74, 6) is 0.162. The third-order valence-corrected chi connectivity index (χ3v) is 5.59. The van der Waals surface area contributed by atoms with Crippen molar-refractivity contribution < 1.29 is 9.18 Å². The molecule has 0 radical (unpaired) electrons. The van der Waals surface area contributed by atoms with Gasteiger partial charge in [0.2, 0.25) is 0 Å². The Labute approximate surface area is 154 Å². The highest BCUT2D eigenvalue weighted by atomic mass is 127. The van der Waals surface area contributed by atoms with Crippen molar-refractivity contribution in [2.75, 3.05) is 7.05 Å². The molecule has 1 aliphatic heterocycles. The highest BCUT2D eigenvalue weighted by Crippen LogP contribution is 2.32. The van der Waals surface area contributed by atoms with E-state index >= 15 is 0 Å². The summed E-state index contributed by atoms with van der Waals surface area (Å²) in [6.07, 6.45) is 0.431. The lowest BCUT2D eigenvalue weighted by Crippen LogP contribution is -2.35. The van der Waals surface area contributed by atoms with Crippen LogP contribution in [0.4, 0.5) is 4.39 Å². The van der Waals surface area contributed by atoms with E-state index in [4.69, 9.17) is 5.73 Å². The minimum atomic E-state index is -0.402. The first kappa shape index (κ1) is 17.0. The molecule has 0 aliphatic carbocycles. The minimum Gasteiger partial charge on any atom is -0.385 e. The zero-order valence-corrected chi connectivity index (χ0v) is 15.7. The highest BCUT2D eigenvalue weighted by Gasteiger charge is 2.37. The van der Waals surface area contributed by atoms with Crippen molar-refractivity contribution in [3.63, 3.8) is 0 Å². The monoisotopic (exact) mass is 436 g/mol. The average Bonchev–Trinajstić information content (AvgIpc) is 2.74. The van der Waals surface area contributed by atoms with E-state index < -0.39 is 6.04 Å². The predicted octanol–water partition coefficient (Wildman–Crippen LogP) is 3.49. The second-order valence-electron chi connectivity index (χ2n) is 6.05. The first-order chi connectivity index (χ1) is 11.4. The standard InChI is InChI=1S/C19H18FIN2O/c1-11-6-7-13(10-15(11)21)17-18(24)16(23(2)19(17)22)9-12-4-3-5-14(20)8-12/h3-8,10,16H,9,22H2,1-2H3. The number of ketones is 1. The van der Waals surface area contributed by atoms with Crippen molar-refractivity contribution in [2.24, 2.45) is 5.73 Å². The molecule has 0 spiro atoms. The van der Waals surface area contributed by atoms with Gasteiger partial charge in [0, 0.05) is 17.0 Å². The maximum atomic E-state index is 13.4. The molecule has 3 nitrogen and oxygen atoms in total. The molecule has 0 aromatic heterocycles. The van der Waals surface area contributed by atoms with Gasteiger partial charge in [-0.25, -0.2) is 4.39 Å². The Bertz CT molecular complexity index is 847. The van der Waals surface area contributed by atoms with Gasteiger partial charge in [0.15, 0.2) is 5.78 Å². The largest absolute Gasteiger partial charge is 0.385 e. The van der Waals surface area contributed by atoms with Crippen LogP contribution in [0.2, 0.25) is 0 Å². The van der Waals surface area contributed by atoms with Crippen LogP contribution in [0.3, 0.4) is 0 Å². The normalized spacial score (nSPS) is 17.8. The third-order valence-electron chi connectivity index (χ3n) is 4.43. The van der Waals surface area contributed by atoms with Crippen molar-refractivity contribution in [1.29, 1.82) is 0 Å². The maximum Gasteiger partial charge on any atom is 0.189 e. The first-order valence-corrected chi connectivity index (χ1v) is 8.74. The lowest BCUT2D eigenvalue weighted by atomic mass is 9.96. The van der Waals surface area contributed by atoms with E-state index in [1.54, 1.807) is 11.0 Å². The van der Waals surface area contributed by atoms with Crippen LogP contribution < -0.4 is 5.73 Å². The third kappa shape index (κ3) is 3.05. The predicted molar refractivity (Wildman–Crippen MR) is 102 cm³/mol. The molecular weight excluding hydrogens is 418 g/mol. The fourth-order valence-electron chi connectivity index (χ4n) is 2.97. The summed E-state index contributed by atoms with van der Waals surface area (Å²) in [5.41, 5.74) is 9.55. The molecule has 0 amide bonds. The van der Waals surface area contributed by atoms with E-state index in [0.29, 0.717) is 17.8 Å². The topological polar surface area (TPSA) is 46.3 Å². The molecule has 5 heteroatoms. The van der Waals surface area contributed by atoms with Gasteiger partial charge in [-0.15, -0.1) is 0 Å². The molecule has 2 aromatic rings. The molecule has 1 unspecified atom stereocenters. The molecule has 1 atom stereocenters. The van der Waals surface area contributed by atoms with E-state index in [2.05, 4.69) is 22.6 Å². The number of nitrogens with zero attached hydrogens (tertiary/aromatic N) is 1. The molecule has 0 bridgehead atoms. The van der Waals surface area contributed by atoms with Crippen LogP contribution in [0, 0.1) is 16.3 Å². The van der Waals surface area contributed by atoms with Gasteiger partial charge >= 0.3 is 0 Å². The number of Topliss-reactive ketones (excluding diaryl/α,β-unsaturated/α-hetero) is 1. The van der Waals surface area contributed by atoms with E-state index in [1.807, 2.05) is 38.2 Å². The summed E-state index contributed by atoms with van der Waals surface area (Å²) in [6, 6.07) is 11.8. The molecule has 1 heterocycles. The van der Waals surface area contributed by atoms with Crippen LogP contribution in [0.5, 0.6) is 0 Å². The van der Waals surface area contributed by atoms with E-state index in [9.17, 15) is 9.18 Å². The lowest BCUT2D eigenvalue weighted by molar-refractivity contribution is -0.116. The van der Waals surface area contributed by atoms with Gasteiger partial charge in [-0.05, 0) is 64.4 Å². The van der Waals surface area contributed by atoms with Crippen molar-refractivity contribution >= 4 is 33.9 Å². The summed E-state index contributed by atoms with van der Waals surface area (Å²) < 4.78 is 14.5. The minimum absolute atomic E-state index is 0.0149. The van der Waals surface area contributed by atoms with Crippen LogP contribution in [0.15, 0.2) is 48.3 Å². The number of nitrogens with two attached hydrogens (primary N) is 1. The molecule has 1 aliphatic rings. The number of hydrogen-bond acceptors (Lipinski definition) is 3. The second-order valence-corrected chi connectivity index (χ2v) is 7.21. The van der Waals surface area contributed by atoms with Crippen LogP contribution in [-0.2, 0) is 11.2 Å². The highest BCUT2D eigenvalue weighted by molar-refractivity contribution is 14.1. The quantitative estimate of drug-likeness (QED) is 0.750. The van der Waals surface area contributed by atoms with Crippen LogP contribution in [0.1, 0.15) is 16.7 Å². The van der Waals surface area contributed by atoms with E-state index in [1.165, 1.54) is 12.1 Å². The number of benzene rings is 2. The van der Waals surface area contributed by atoms with E-state index in [-0.39, 0.29) is 11.6 Å². The number of hydrogen-bond donors (Lipinski definition) is 1. The van der Waals surface area contributed by atoms with Crippen LogP contribution in [0.25, 0.3) is 5.57 Å². The van der Waals surface area contributed by atoms with Gasteiger partial charge in [0.05, 0.1) is 11.6 Å². The van der Waals surface area contributed by atoms with Gasteiger partial charge < -0.3 is 10.6 Å². The number of carbonyl (C=O) groups excluding carboxylic acids is 1. The molecule has 0 fully saturated rings. The Morgan fingerprint density at radius 3 is 2.67 bits per heavy atom. The number of aryl methyl sites for hydroxylation is 1. The van der Waals surface area contributed by atoms with Gasteiger partial charge in [0.1, 0.15) is 11.6 Å². The zero-order valence-electron chi connectivity index (χ0n) is 13.5. The Hall–Kier alpha value is -1.89. The van der Waals surface area contributed by atoms with Crippen molar-refractivity contribution in [1.82, 2.24) is 4.90 Å². The van der Waals surface area contributed by atoms with E-state index in [0.717, 1.165) is 20.3 Å². The van der Waals surface area contributed by atoms with Crippen molar-refractivity contribution in [3.8, 4) is 0 Å². The Kier molecular flexibility index (Phi) is 4.62. The van der Waals surface area contributed by atoms with Crippen LogP contribution >= 0.6 is 22.6 Å². The molecule has 2 aromatic carbocycles. The Balaban J connectivity index is 1.92. The lowest BCUT2D eigenvalue weighted by Gasteiger charge is -2.21. The Morgan fingerprint density at radius 1 is 1.25 bits per heavy atom. The molecule has 124 valence electrons. The van der Waals surface area contributed by atoms with Gasteiger partial charge in [-0.3, -0.25) is 4.79 Å². The fraction of sp³-hybridized carbons (Fsp3) is 0.211. The Morgan fingerprint density at radius 2 is 2.00 bits per heavy atom. The average molecular weight is 436 g/mol. The molecular formula is C19H18FIN2O. The van der Waals surface area contributed by atoms with Crippen molar-refractivity contribution in [3.05, 3.63) is 74.4 Å². The molecule has 24 heavy (non-hydrogen) atoms. The summed E-state index contributed by atoms with van der Waals surface area (Å²) in [7, 11) is 1.81. The summed E-state index contributed by atoms with van der Waals surface area (Å²) in [4.78, 5) is 14.7. The van der Waals surface area contributed by atoms with Gasteiger partial charge in [-0.2, -0.15) is 0 Å². The van der Waals surface area contributed by atoms with Gasteiger partial charge in [-0.1, -0.05) is 24.3 Å². The molecule has 0 saturated heterocycles. The summed E-state index contributed by atoms with van der Waals surface area (Å²) in [5, 5.41) is 0. The van der Waals surface area contributed by atoms with Gasteiger partial charge in [0.25, 0.3) is 0 Å². The molecule has 2 N–H and O–H groups in total. The summed E-state index contributed by atoms with van der Waals surface area (Å²) in [6.45, 7) is 2.03. The zero-order chi connectivity index (χ0) is 17.4. The first-order valence-electron chi connectivity index (χ1n) is 7.66. The number of carbonyl (C=O) groups is 1. The summed E-state index contributed by atoms with van der Waals surface area (Å²) >= 11 is 2.25. The van der Waals surface area contributed by atoms with Crippen molar-refractivity contribution in [2.45, 2.75) is 19.4 Å². The van der Waals surface area contributed by atoms with Crippen LogP contribution in [-0.4, -0.2) is 23.8 Å².